The number of rotatable bonds is 7. The molecule has 0 aliphatic heterocycles. The summed E-state index contributed by atoms with van der Waals surface area (Å²) < 4.78 is 5.39. The second kappa shape index (κ2) is 6.55. The lowest BCUT2D eigenvalue weighted by atomic mass is 10.1. The van der Waals surface area contributed by atoms with E-state index in [-0.39, 0.29) is 6.09 Å². The standard InChI is InChI=1S/C17H32N2O2/c1-12(11-19(5)16(20)21-17(2,3)4)10-18-15(13-6-7-13)14-8-9-14/h12-15,18H,6-11H2,1-5H3. The molecule has 21 heavy (non-hydrogen) atoms. The van der Waals surface area contributed by atoms with Gasteiger partial charge in [0.1, 0.15) is 5.60 Å². The van der Waals surface area contributed by atoms with Crippen LogP contribution in [-0.2, 0) is 4.74 Å². The average molecular weight is 296 g/mol. The molecule has 1 N–H and O–H groups in total. The number of hydrogen-bond donors (Lipinski definition) is 1. The highest BCUT2D eigenvalue weighted by Gasteiger charge is 2.41. The van der Waals surface area contributed by atoms with Crippen LogP contribution in [-0.4, -0.2) is 42.8 Å². The van der Waals surface area contributed by atoms with Crippen LogP contribution in [0.3, 0.4) is 0 Å². The van der Waals surface area contributed by atoms with Gasteiger partial charge in [0.05, 0.1) is 0 Å². The molecule has 1 atom stereocenters. The summed E-state index contributed by atoms with van der Waals surface area (Å²) in [7, 11) is 1.82. The van der Waals surface area contributed by atoms with Crippen molar-refractivity contribution in [3.63, 3.8) is 0 Å². The fourth-order valence-electron chi connectivity index (χ4n) is 2.91. The van der Waals surface area contributed by atoms with Crippen LogP contribution in [0.15, 0.2) is 0 Å². The first-order valence-corrected chi connectivity index (χ1v) is 8.44. The van der Waals surface area contributed by atoms with E-state index in [0.717, 1.165) is 31.0 Å². The largest absolute Gasteiger partial charge is 0.444 e. The molecule has 4 heteroatoms. The summed E-state index contributed by atoms with van der Waals surface area (Å²) in [6.45, 7) is 9.64. The van der Waals surface area contributed by atoms with E-state index in [9.17, 15) is 4.79 Å². The van der Waals surface area contributed by atoms with Gasteiger partial charge >= 0.3 is 6.09 Å². The minimum absolute atomic E-state index is 0.227. The molecule has 2 fully saturated rings. The Balaban J connectivity index is 1.68. The summed E-state index contributed by atoms with van der Waals surface area (Å²) in [5, 5.41) is 3.76. The first-order valence-electron chi connectivity index (χ1n) is 8.44. The Kier molecular flexibility index (Phi) is 5.18. The van der Waals surface area contributed by atoms with Gasteiger partial charge in [-0.25, -0.2) is 4.79 Å². The number of ether oxygens (including phenoxy) is 1. The lowest BCUT2D eigenvalue weighted by Gasteiger charge is -2.27. The van der Waals surface area contributed by atoms with Gasteiger partial charge in [-0.3, -0.25) is 0 Å². The van der Waals surface area contributed by atoms with E-state index in [0.29, 0.717) is 5.92 Å². The first-order chi connectivity index (χ1) is 9.76. The van der Waals surface area contributed by atoms with Crippen molar-refractivity contribution in [1.29, 1.82) is 0 Å². The lowest BCUT2D eigenvalue weighted by molar-refractivity contribution is 0.0276. The number of carbonyl (C=O) groups excluding carboxylic acids is 1. The fraction of sp³-hybridized carbons (Fsp3) is 0.941. The van der Waals surface area contributed by atoms with Crippen molar-refractivity contribution in [2.75, 3.05) is 20.1 Å². The maximum Gasteiger partial charge on any atom is 0.410 e. The van der Waals surface area contributed by atoms with Crippen LogP contribution in [0.2, 0.25) is 0 Å². The van der Waals surface area contributed by atoms with Crippen LogP contribution in [0.5, 0.6) is 0 Å². The molecule has 0 spiro atoms. The Morgan fingerprint density at radius 3 is 2.19 bits per heavy atom. The Morgan fingerprint density at radius 1 is 1.24 bits per heavy atom. The molecule has 0 aromatic heterocycles. The number of nitrogens with zero attached hydrogens (tertiary/aromatic N) is 1. The molecule has 0 bridgehead atoms. The van der Waals surface area contributed by atoms with Crippen molar-refractivity contribution >= 4 is 6.09 Å². The van der Waals surface area contributed by atoms with E-state index in [1.54, 1.807) is 4.90 Å². The van der Waals surface area contributed by atoms with Gasteiger partial charge in [0.2, 0.25) is 0 Å². The molecule has 1 unspecified atom stereocenters. The van der Waals surface area contributed by atoms with E-state index in [1.807, 2.05) is 27.8 Å². The summed E-state index contributed by atoms with van der Waals surface area (Å²) in [4.78, 5) is 13.6. The molecule has 2 saturated carbocycles. The van der Waals surface area contributed by atoms with Crippen molar-refractivity contribution in [3.05, 3.63) is 0 Å². The zero-order valence-corrected chi connectivity index (χ0v) is 14.3. The Hall–Kier alpha value is -0.770. The minimum atomic E-state index is -0.421. The Bertz CT molecular complexity index is 344. The molecule has 0 heterocycles. The zero-order valence-electron chi connectivity index (χ0n) is 14.3. The van der Waals surface area contributed by atoms with Crippen molar-refractivity contribution in [1.82, 2.24) is 10.2 Å². The molecule has 122 valence electrons. The Morgan fingerprint density at radius 2 is 1.76 bits per heavy atom. The van der Waals surface area contributed by atoms with Gasteiger partial charge in [-0.15, -0.1) is 0 Å². The van der Waals surface area contributed by atoms with Crippen LogP contribution in [0.4, 0.5) is 4.79 Å². The SMILES string of the molecule is CC(CNC(C1CC1)C1CC1)CN(C)C(=O)OC(C)(C)C. The summed E-state index contributed by atoms with van der Waals surface area (Å²) in [6, 6.07) is 0.735. The highest BCUT2D eigenvalue weighted by molar-refractivity contribution is 5.67. The van der Waals surface area contributed by atoms with E-state index in [1.165, 1.54) is 25.7 Å². The third-order valence-electron chi connectivity index (χ3n) is 4.25. The van der Waals surface area contributed by atoms with Gasteiger partial charge in [-0.1, -0.05) is 6.92 Å². The van der Waals surface area contributed by atoms with Gasteiger partial charge in [0, 0.05) is 19.6 Å². The quantitative estimate of drug-likeness (QED) is 0.784. The van der Waals surface area contributed by atoms with Crippen LogP contribution >= 0.6 is 0 Å². The lowest BCUT2D eigenvalue weighted by Crippen LogP contribution is -2.41. The number of nitrogens with one attached hydrogen (secondary N) is 1. The van der Waals surface area contributed by atoms with Crippen LogP contribution in [0.25, 0.3) is 0 Å². The van der Waals surface area contributed by atoms with Crippen LogP contribution in [0, 0.1) is 17.8 Å². The van der Waals surface area contributed by atoms with Gasteiger partial charge in [-0.2, -0.15) is 0 Å². The first kappa shape index (κ1) is 16.6. The molecule has 0 radical (unpaired) electrons. The molecule has 0 saturated heterocycles. The zero-order chi connectivity index (χ0) is 15.6. The summed E-state index contributed by atoms with van der Waals surface area (Å²) in [5.74, 6) is 2.30. The summed E-state index contributed by atoms with van der Waals surface area (Å²) >= 11 is 0. The van der Waals surface area contributed by atoms with Crippen molar-refractivity contribution in [3.8, 4) is 0 Å². The maximum absolute atomic E-state index is 12.0. The van der Waals surface area contributed by atoms with Gasteiger partial charge in [0.25, 0.3) is 0 Å². The second-order valence-electron chi connectivity index (χ2n) is 8.07. The molecule has 2 rings (SSSR count). The van der Waals surface area contributed by atoms with Gasteiger partial charge in [-0.05, 0) is 70.8 Å². The van der Waals surface area contributed by atoms with Gasteiger partial charge < -0.3 is 15.0 Å². The number of carbonyl (C=O) groups is 1. The summed E-state index contributed by atoms with van der Waals surface area (Å²) in [5.41, 5.74) is -0.421. The summed E-state index contributed by atoms with van der Waals surface area (Å²) in [6.07, 6.45) is 5.39. The molecular weight excluding hydrogens is 264 g/mol. The predicted octanol–water partition coefficient (Wildman–Crippen LogP) is 3.27. The third kappa shape index (κ3) is 5.85. The molecule has 1 amide bonds. The minimum Gasteiger partial charge on any atom is -0.444 e. The fourth-order valence-corrected chi connectivity index (χ4v) is 2.91. The van der Waals surface area contributed by atoms with Crippen molar-refractivity contribution in [2.45, 2.75) is 65.0 Å². The number of amides is 1. The topological polar surface area (TPSA) is 41.6 Å². The molecule has 0 aromatic rings. The molecule has 4 nitrogen and oxygen atoms in total. The molecule has 0 aromatic carbocycles. The van der Waals surface area contributed by atoms with E-state index in [4.69, 9.17) is 4.74 Å². The second-order valence-corrected chi connectivity index (χ2v) is 8.07. The number of hydrogen-bond acceptors (Lipinski definition) is 3. The normalized spacial score (nSPS) is 20.5. The molecule has 2 aliphatic carbocycles. The van der Waals surface area contributed by atoms with E-state index >= 15 is 0 Å². The Labute approximate surface area is 129 Å². The third-order valence-corrected chi connectivity index (χ3v) is 4.25. The maximum atomic E-state index is 12.0. The van der Waals surface area contributed by atoms with Gasteiger partial charge in [0.15, 0.2) is 0 Å². The highest BCUT2D eigenvalue weighted by atomic mass is 16.6. The van der Waals surface area contributed by atoms with Crippen LogP contribution < -0.4 is 5.32 Å². The molecular formula is C17H32N2O2. The van der Waals surface area contributed by atoms with E-state index in [2.05, 4.69) is 12.2 Å². The molecule has 2 aliphatic rings. The van der Waals surface area contributed by atoms with Crippen LogP contribution in [0.1, 0.15) is 53.4 Å². The average Bonchev–Trinajstić information content (AvgIpc) is 3.21. The highest BCUT2D eigenvalue weighted by Crippen LogP contribution is 2.44. The predicted molar refractivity (Wildman–Crippen MR) is 85.3 cm³/mol. The monoisotopic (exact) mass is 296 g/mol. The van der Waals surface area contributed by atoms with Crippen molar-refractivity contribution < 1.29 is 9.53 Å². The van der Waals surface area contributed by atoms with Crippen molar-refractivity contribution in [2.24, 2.45) is 17.8 Å². The smallest absolute Gasteiger partial charge is 0.410 e. The van der Waals surface area contributed by atoms with E-state index < -0.39 is 5.60 Å².